The molecule has 0 fully saturated rings. The van der Waals surface area contributed by atoms with E-state index >= 15 is 0 Å². The second-order valence-electron chi connectivity index (χ2n) is 4.44. The van der Waals surface area contributed by atoms with Gasteiger partial charge in [0.2, 0.25) is 0 Å². The standard InChI is InChI=1S/C10H15BN2O5/c1-10(2,3)17-9(14)13-7-4-5-12-6-8(7)18-11(15)16/h4-6,15-16H,1-3H3,(H,12,13,14). The van der Waals surface area contributed by atoms with Crippen molar-refractivity contribution in [1.82, 2.24) is 4.98 Å². The van der Waals surface area contributed by atoms with Gasteiger partial charge in [0.15, 0.2) is 0 Å². The fraction of sp³-hybridized carbons (Fsp3) is 0.400. The second kappa shape index (κ2) is 5.70. The number of anilines is 1. The number of hydrogen-bond donors (Lipinski definition) is 3. The Morgan fingerprint density at radius 3 is 2.67 bits per heavy atom. The summed E-state index contributed by atoms with van der Waals surface area (Å²) in [5.41, 5.74) is -0.401. The highest BCUT2D eigenvalue weighted by Gasteiger charge is 2.19. The molecule has 18 heavy (non-hydrogen) atoms. The normalized spacial score (nSPS) is 10.7. The molecular weight excluding hydrogens is 239 g/mol. The van der Waals surface area contributed by atoms with Gasteiger partial charge in [-0.2, -0.15) is 0 Å². The first-order valence-corrected chi connectivity index (χ1v) is 5.25. The Labute approximate surface area is 105 Å². The van der Waals surface area contributed by atoms with E-state index in [0.717, 1.165) is 0 Å². The van der Waals surface area contributed by atoms with Crippen molar-refractivity contribution in [3.05, 3.63) is 18.5 Å². The van der Waals surface area contributed by atoms with Gasteiger partial charge in [0.1, 0.15) is 11.4 Å². The topological polar surface area (TPSA) is 101 Å². The van der Waals surface area contributed by atoms with Gasteiger partial charge in [0, 0.05) is 6.20 Å². The van der Waals surface area contributed by atoms with E-state index in [1.807, 2.05) is 0 Å². The summed E-state index contributed by atoms with van der Waals surface area (Å²) in [6.45, 7) is 5.19. The minimum atomic E-state index is -1.99. The fourth-order valence-corrected chi connectivity index (χ4v) is 1.10. The lowest BCUT2D eigenvalue weighted by atomic mass is 10.2. The summed E-state index contributed by atoms with van der Waals surface area (Å²) < 4.78 is 9.71. The van der Waals surface area contributed by atoms with E-state index in [9.17, 15) is 4.79 Å². The molecule has 7 nitrogen and oxygen atoms in total. The molecule has 0 aliphatic carbocycles. The van der Waals surface area contributed by atoms with E-state index in [0.29, 0.717) is 0 Å². The third kappa shape index (κ3) is 5.02. The average Bonchev–Trinajstić information content (AvgIpc) is 2.17. The van der Waals surface area contributed by atoms with Crippen LogP contribution < -0.4 is 9.97 Å². The van der Waals surface area contributed by atoms with Gasteiger partial charge < -0.3 is 19.4 Å². The molecule has 0 saturated carbocycles. The molecule has 0 atom stereocenters. The first kappa shape index (κ1) is 14.3. The van der Waals surface area contributed by atoms with Crippen LogP contribution in [0.25, 0.3) is 0 Å². The molecule has 3 N–H and O–H groups in total. The smallest absolute Gasteiger partial charge is 0.509 e. The van der Waals surface area contributed by atoms with Crippen LogP contribution in [0.3, 0.4) is 0 Å². The average molecular weight is 254 g/mol. The molecule has 0 bridgehead atoms. The number of carbonyl (C=O) groups excluding carboxylic acids is 1. The number of carbonyl (C=O) groups is 1. The van der Waals surface area contributed by atoms with Gasteiger partial charge in [-0.3, -0.25) is 10.3 Å². The van der Waals surface area contributed by atoms with Gasteiger partial charge in [0.05, 0.1) is 11.9 Å². The SMILES string of the molecule is CC(C)(C)OC(=O)Nc1ccncc1OB(O)O. The largest absolute Gasteiger partial charge is 0.707 e. The number of nitrogens with zero attached hydrogens (tertiary/aromatic N) is 1. The van der Waals surface area contributed by atoms with Gasteiger partial charge in [-0.05, 0) is 26.8 Å². The predicted molar refractivity (Wildman–Crippen MR) is 64.9 cm³/mol. The number of ether oxygens (including phenoxy) is 1. The molecule has 1 aromatic rings. The van der Waals surface area contributed by atoms with Crippen LogP contribution in [-0.4, -0.2) is 34.0 Å². The molecule has 0 unspecified atom stereocenters. The number of rotatable bonds is 3. The zero-order valence-electron chi connectivity index (χ0n) is 10.4. The van der Waals surface area contributed by atoms with Crippen molar-refractivity contribution < 1.29 is 24.2 Å². The van der Waals surface area contributed by atoms with E-state index in [1.165, 1.54) is 18.5 Å². The van der Waals surface area contributed by atoms with Crippen LogP contribution in [0.15, 0.2) is 18.5 Å². The maximum absolute atomic E-state index is 11.5. The van der Waals surface area contributed by atoms with Gasteiger partial charge in [0.25, 0.3) is 0 Å². The Morgan fingerprint density at radius 2 is 2.11 bits per heavy atom. The number of pyridine rings is 1. The molecule has 8 heteroatoms. The lowest BCUT2D eigenvalue weighted by molar-refractivity contribution is 0.0635. The molecule has 0 aliphatic rings. The second-order valence-corrected chi connectivity index (χ2v) is 4.44. The predicted octanol–water partition coefficient (Wildman–Crippen LogP) is 0.777. The maximum Gasteiger partial charge on any atom is 0.707 e. The van der Waals surface area contributed by atoms with Gasteiger partial charge in [-0.25, -0.2) is 4.79 Å². The molecule has 0 spiro atoms. The number of aromatic nitrogens is 1. The Hall–Kier alpha value is -1.80. The summed E-state index contributed by atoms with van der Waals surface area (Å²) >= 11 is 0. The lowest BCUT2D eigenvalue weighted by Crippen LogP contribution is -2.28. The first-order valence-electron chi connectivity index (χ1n) is 5.25. The maximum atomic E-state index is 11.5. The molecule has 0 radical (unpaired) electrons. The Balaban J connectivity index is 2.75. The summed E-state index contributed by atoms with van der Waals surface area (Å²) in [5.74, 6) is 0.0263. The zero-order valence-corrected chi connectivity index (χ0v) is 10.4. The number of hydrogen-bond acceptors (Lipinski definition) is 6. The minimum absolute atomic E-state index is 0.0263. The van der Waals surface area contributed by atoms with Crippen LogP contribution in [0.2, 0.25) is 0 Å². The molecule has 1 rings (SSSR count). The summed E-state index contributed by atoms with van der Waals surface area (Å²) in [4.78, 5) is 15.3. The molecule has 1 heterocycles. The Kier molecular flexibility index (Phi) is 4.52. The molecule has 1 aromatic heterocycles. The first-order chi connectivity index (χ1) is 8.28. The van der Waals surface area contributed by atoms with Crippen LogP contribution in [0, 0.1) is 0 Å². The Bertz CT molecular complexity index is 419. The van der Waals surface area contributed by atoms with Crippen LogP contribution in [-0.2, 0) is 4.74 Å². The van der Waals surface area contributed by atoms with Gasteiger partial charge >= 0.3 is 13.4 Å². The quantitative estimate of drug-likeness (QED) is 0.689. The molecule has 98 valence electrons. The summed E-state index contributed by atoms with van der Waals surface area (Å²) in [5, 5.41) is 19.8. The van der Waals surface area contributed by atoms with E-state index in [2.05, 4.69) is 15.0 Å². The minimum Gasteiger partial charge on any atom is -0.509 e. The molecular formula is C10H15BN2O5. The molecule has 0 saturated heterocycles. The third-order valence-electron chi connectivity index (χ3n) is 1.65. The van der Waals surface area contributed by atoms with E-state index in [1.54, 1.807) is 20.8 Å². The zero-order chi connectivity index (χ0) is 13.8. The van der Waals surface area contributed by atoms with Crippen molar-refractivity contribution in [2.75, 3.05) is 5.32 Å². The summed E-state index contributed by atoms with van der Waals surface area (Å²) in [7, 11) is -1.99. The van der Waals surface area contributed by atoms with E-state index in [-0.39, 0.29) is 11.4 Å². The van der Waals surface area contributed by atoms with Crippen molar-refractivity contribution in [2.45, 2.75) is 26.4 Å². The highest BCUT2D eigenvalue weighted by atomic mass is 16.6. The van der Waals surface area contributed by atoms with Gasteiger partial charge in [-0.15, -0.1) is 0 Å². The van der Waals surface area contributed by atoms with E-state index in [4.69, 9.17) is 14.8 Å². The molecule has 0 aliphatic heterocycles. The van der Waals surface area contributed by atoms with Crippen molar-refractivity contribution >= 4 is 19.1 Å². The third-order valence-corrected chi connectivity index (χ3v) is 1.65. The lowest BCUT2D eigenvalue weighted by Gasteiger charge is -2.20. The van der Waals surface area contributed by atoms with E-state index < -0.39 is 19.0 Å². The fourth-order valence-electron chi connectivity index (χ4n) is 1.10. The monoisotopic (exact) mass is 254 g/mol. The highest BCUT2D eigenvalue weighted by molar-refractivity contribution is 6.34. The van der Waals surface area contributed by atoms with Crippen LogP contribution in [0.5, 0.6) is 5.75 Å². The van der Waals surface area contributed by atoms with Crippen molar-refractivity contribution in [2.24, 2.45) is 0 Å². The Morgan fingerprint density at radius 1 is 1.44 bits per heavy atom. The van der Waals surface area contributed by atoms with Crippen LogP contribution in [0.1, 0.15) is 20.8 Å². The number of amides is 1. The molecule has 0 aromatic carbocycles. The number of nitrogens with one attached hydrogen (secondary N) is 1. The van der Waals surface area contributed by atoms with Crippen molar-refractivity contribution in [3.63, 3.8) is 0 Å². The van der Waals surface area contributed by atoms with Crippen LogP contribution in [0.4, 0.5) is 10.5 Å². The summed E-state index contributed by atoms with van der Waals surface area (Å²) in [6, 6.07) is 1.45. The molecule has 1 amide bonds. The van der Waals surface area contributed by atoms with Crippen LogP contribution >= 0.6 is 0 Å². The van der Waals surface area contributed by atoms with Crippen molar-refractivity contribution in [3.8, 4) is 5.75 Å². The van der Waals surface area contributed by atoms with Gasteiger partial charge in [-0.1, -0.05) is 0 Å². The highest BCUT2D eigenvalue weighted by Crippen LogP contribution is 2.23. The van der Waals surface area contributed by atoms with Crippen molar-refractivity contribution in [1.29, 1.82) is 0 Å². The summed E-state index contributed by atoms with van der Waals surface area (Å²) in [6.07, 6.45) is 1.99.